The van der Waals surface area contributed by atoms with Crippen molar-refractivity contribution in [2.24, 2.45) is 5.41 Å². The molecule has 1 aromatic rings. The van der Waals surface area contributed by atoms with Crippen molar-refractivity contribution in [3.05, 3.63) is 30.1 Å². The van der Waals surface area contributed by atoms with Gasteiger partial charge in [0.1, 0.15) is 5.82 Å². The summed E-state index contributed by atoms with van der Waals surface area (Å²) >= 11 is 0. The summed E-state index contributed by atoms with van der Waals surface area (Å²) in [5.74, 6) is -0.155. The quantitative estimate of drug-likeness (QED) is 0.790. The van der Waals surface area contributed by atoms with E-state index in [4.69, 9.17) is 0 Å². The van der Waals surface area contributed by atoms with E-state index < -0.39 is 0 Å². The fourth-order valence-corrected chi connectivity index (χ4v) is 3.33. The van der Waals surface area contributed by atoms with Crippen LogP contribution in [0.4, 0.5) is 10.1 Å². The van der Waals surface area contributed by atoms with Gasteiger partial charge in [-0.3, -0.25) is 14.5 Å². The van der Waals surface area contributed by atoms with Crippen molar-refractivity contribution < 1.29 is 14.0 Å². The van der Waals surface area contributed by atoms with Gasteiger partial charge in [0.25, 0.3) is 0 Å². The fourth-order valence-electron chi connectivity index (χ4n) is 3.33. The molecule has 0 radical (unpaired) electrons. The Morgan fingerprint density at radius 1 is 1.30 bits per heavy atom. The maximum Gasteiger partial charge on any atom is 0.236 e. The minimum atomic E-state index is -0.326. The molecule has 2 fully saturated rings. The lowest BCUT2D eigenvalue weighted by Gasteiger charge is -2.52. The molecule has 0 atom stereocenters. The summed E-state index contributed by atoms with van der Waals surface area (Å²) in [4.78, 5) is 29.7. The average Bonchev–Trinajstić information content (AvgIpc) is 2.53. The monoisotopic (exact) mass is 319 g/mol. The summed E-state index contributed by atoms with van der Waals surface area (Å²) < 4.78 is 13.3. The fraction of sp³-hybridized carbons (Fsp3) is 0.529. The molecule has 1 spiro atoms. The zero-order valence-electron chi connectivity index (χ0n) is 13.6. The second-order valence-electron chi connectivity index (χ2n) is 6.72. The second-order valence-corrected chi connectivity index (χ2v) is 6.72. The number of hydrogen-bond donors (Lipinski definition) is 0. The smallest absolute Gasteiger partial charge is 0.236 e. The van der Waals surface area contributed by atoms with Crippen molar-refractivity contribution in [2.75, 3.05) is 45.2 Å². The van der Waals surface area contributed by atoms with Crippen LogP contribution in [0, 0.1) is 11.2 Å². The zero-order valence-corrected chi connectivity index (χ0v) is 13.6. The molecule has 124 valence electrons. The van der Waals surface area contributed by atoms with Gasteiger partial charge in [0.15, 0.2) is 0 Å². The highest BCUT2D eigenvalue weighted by Crippen LogP contribution is 2.43. The topological polar surface area (TPSA) is 43.9 Å². The van der Waals surface area contributed by atoms with Crippen molar-refractivity contribution in [2.45, 2.75) is 12.8 Å². The van der Waals surface area contributed by atoms with Crippen LogP contribution in [0.5, 0.6) is 0 Å². The van der Waals surface area contributed by atoms with E-state index >= 15 is 0 Å². The van der Waals surface area contributed by atoms with Crippen molar-refractivity contribution >= 4 is 17.5 Å². The SMILES string of the molecule is CN(C)C(=O)CN1CCC2(CC1)CN(c1cccc(F)c1)C2=O. The molecular formula is C17H22FN3O2. The molecule has 2 aliphatic rings. The molecule has 2 heterocycles. The summed E-state index contributed by atoms with van der Waals surface area (Å²) in [6.07, 6.45) is 1.52. The molecule has 2 aliphatic heterocycles. The Morgan fingerprint density at radius 2 is 2.00 bits per heavy atom. The number of nitrogens with zero attached hydrogens (tertiary/aromatic N) is 3. The van der Waals surface area contributed by atoms with Gasteiger partial charge in [-0.15, -0.1) is 0 Å². The van der Waals surface area contributed by atoms with Gasteiger partial charge < -0.3 is 9.80 Å². The second kappa shape index (κ2) is 5.92. The van der Waals surface area contributed by atoms with Crippen LogP contribution in [0.1, 0.15) is 12.8 Å². The Morgan fingerprint density at radius 3 is 2.57 bits per heavy atom. The number of anilines is 1. The van der Waals surface area contributed by atoms with E-state index in [1.807, 2.05) is 0 Å². The van der Waals surface area contributed by atoms with E-state index in [1.54, 1.807) is 36.0 Å². The molecular weight excluding hydrogens is 297 g/mol. The van der Waals surface area contributed by atoms with E-state index in [-0.39, 0.29) is 23.0 Å². The van der Waals surface area contributed by atoms with Gasteiger partial charge >= 0.3 is 0 Å². The molecule has 0 N–H and O–H groups in total. The van der Waals surface area contributed by atoms with Crippen LogP contribution < -0.4 is 4.90 Å². The number of rotatable bonds is 3. The van der Waals surface area contributed by atoms with Gasteiger partial charge in [0.2, 0.25) is 11.8 Å². The van der Waals surface area contributed by atoms with Gasteiger partial charge in [-0.05, 0) is 44.1 Å². The van der Waals surface area contributed by atoms with E-state index in [2.05, 4.69) is 4.90 Å². The third-order valence-electron chi connectivity index (χ3n) is 4.95. The molecule has 0 unspecified atom stereocenters. The van der Waals surface area contributed by atoms with Gasteiger partial charge in [-0.2, -0.15) is 0 Å². The Labute approximate surface area is 135 Å². The highest BCUT2D eigenvalue weighted by Gasteiger charge is 2.53. The molecule has 6 heteroatoms. The number of likely N-dealkylation sites (tertiary alicyclic amines) is 1. The maximum atomic E-state index is 13.3. The normalized spacial score (nSPS) is 20.5. The lowest BCUT2D eigenvalue weighted by Crippen LogP contribution is -2.65. The van der Waals surface area contributed by atoms with Crippen LogP contribution >= 0.6 is 0 Å². The first kappa shape index (κ1) is 15.9. The van der Waals surface area contributed by atoms with E-state index in [1.165, 1.54) is 12.1 Å². The first-order valence-electron chi connectivity index (χ1n) is 7.91. The molecule has 3 rings (SSSR count). The van der Waals surface area contributed by atoms with Gasteiger partial charge in [-0.25, -0.2) is 4.39 Å². The number of piperidine rings is 1. The molecule has 23 heavy (non-hydrogen) atoms. The van der Waals surface area contributed by atoms with Crippen molar-refractivity contribution in [3.63, 3.8) is 0 Å². The Bertz CT molecular complexity index is 624. The predicted molar refractivity (Wildman–Crippen MR) is 85.6 cm³/mol. The molecule has 0 aliphatic carbocycles. The molecule has 5 nitrogen and oxygen atoms in total. The molecule has 1 aromatic carbocycles. The van der Waals surface area contributed by atoms with Crippen LogP contribution in [-0.4, -0.2) is 61.9 Å². The van der Waals surface area contributed by atoms with Crippen LogP contribution in [0.15, 0.2) is 24.3 Å². The summed E-state index contributed by atoms with van der Waals surface area (Å²) in [5, 5.41) is 0. The summed E-state index contributed by atoms with van der Waals surface area (Å²) in [5.41, 5.74) is 0.315. The van der Waals surface area contributed by atoms with Gasteiger partial charge in [0.05, 0.1) is 12.0 Å². The van der Waals surface area contributed by atoms with Crippen LogP contribution in [0.2, 0.25) is 0 Å². The molecule has 0 aromatic heterocycles. The number of carbonyl (C=O) groups excluding carboxylic acids is 2. The lowest BCUT2D eigenvalue weighted by atomic mass is 9.71. The van der Waals surface area contributed by atoms with Crippen LogP contribution in [0.3, 0.4) is 0 Å². The molecule has 0 bridgehead atoms. The number of benzene rings is 1. The maximum absolute atomic E-state index is 13.3. The number of β-lactam (4-membered cyclic amide) rings is 1. The lowest BCUT2D eigenvalue weighted by molar-refractivity contribution is -0.139. The minimum Gasteiger partial charge on any atom is -0.348 e. The average molecular weight is 319 g/mol. The third kappa shape index (κ3) is 2.95. The standard InChI is InChI=1S/C17H22FN3O2/c1-19(2)15(22)11-20-8-6-17(7-9-20)12-21(16(17)23)14-5-3-4-13(18)10-14/h3-5,10H,6-9,11-12H2,1-2H3. The van der Waals surface area contributed by atoms with Gasteiger partial charge in [0, 0.05) is 26.3 Å². The molecule has 0 saturated carbocycles. The third-order valence-corrected chi connectivity index (χ3v) is 4.95. The van der Waals surface area contributed by atoms with Crippen LogP contribution in [-0.2, 0) is 9.59 Å². The summed E-state index contributed by atoms with van der Waals surface area (Å²) in [6, 6.07) is 6.16. The highest BCUT2D eigenvalue weighted by molar-refractivity contribution is 6.04. The van der Waals surface area contributed by atoms with Crippen LogP contribution in [0.25, 0.3) is 0 Å². The van der Waals surface area contributed by atoms with Crippen molar-refractivity contribution in [1.82, 2.24) is 9.80 Å². The summed E-state index contributed by atoms with van der Waals surface area (Å²) in [7, 11) is 3.50. The van der Waals surface area contributed by atoms with Crippen molar-refractivity contribution in [3.8, 4) is 0 Å². The van der Waals surface area contributed by atoms with E-state index in [0.717, 1.165) is 25.9 Å². The first-order valence-corrected chi connectivity index (χ1v) is 7.91. The van der Waals surface area contributed by atoms with E-state index in [0.29, 0.717) is 18.8 Å². The number of carbonyl (C=O) groups is 2. The number of amides is 2. The molecule has 2 saturated heterocycles. The first-order chi connectivity index (χ1) is 10.9. The molecule has 2 amide bonds. The van der Waals surface area contributed by atoms with Crippen molar-refractivity contribution in [1.29, 1.82) is 0 Å². The number of hydrogen-bond acceptors (Lipinski definition) is 3. The largest absolute Gasteiger partial charge is 0.348 e. The van der Waals surface area contributed by atoms with Gasteiger partial charge in [-0.1, -0.05) is 6.07 Å². The zero-order chi connectivity index (χ0) is 16.6. The Balaban J connectivity index is 1.58. The van der Waals surface area contributed by atoms with E-state index in [9.17, 15) is 14.0 Å². The minimum absolute atomic E-state index is 0.0849. The Kier molecular flexibility index (Phi) is 4.10. The summed E-state index contributed by atoms with van der Waals surface area (Å²) in [6.45, 7) is 2.56. The number of halogens is 1. The predicted octanol–water partition coefficient (Wildman–Crippen LogP) is 1.34. The Hall–Kier alpha value is -1.95. The highest BCUT2D eigenvalue weighted by atomic mass is 19.1. The number of likely N-dealkylation sites (N-methyl/N-ethyl adjacent to an activating group) is 1.